The molecule has 1 fully saturated rings. The van der Waals surface area contributed by atoms with Crippen molar-refractivity contribution >= 4 is 40.8 Å². The second-order valence-electron chi connectivity index (χ2n) is 6.84. The van der Waals surface area contributed by atoms with Gasteiger partial charge in [-0.05, 0) is 31.2 Å². The lowest BCUT2D eigenvalue weighted by molar-refractivity contribution is 0.0941. The van der Waals surface area contributed by atoms with Crippen molar-refractivity contribution in [1.29, 1.82) is 5.41 Å². The first-order chi connectivity index (χ1) is 14.5. The van der Waals surface area contributed by atoms with E-state index in [2.05, 4.69) is 25.9 Å². The van der Waals surface area contributed by atoms with E-state index in [0.29, 0.717) is 17.8 Å². The zero-order chi connectivity index (χ0) is 21.3. The first-order valence-corrected chi connectivity index (χ1v) is 9.94. The summed E-state index contributed by atoms with van der Waals surface area (Å²) in [5, 5.41) is 17.4. The highest BCUT2D eigenvalue weighted by Gasteiger charge is 2.24. The number of aromatic nitrogens is 3. The highest BCUT2D eigenvalue weighted by molar-refractivity contribution is 7.92. The number of nitrogens with one attached hydrogen (secondary N) is 4. The third-order valence-corrected chi connectivity index (χ3v) is 5.38. The number of hydrogen-bond acceptors (Lipinski definition) is 7. The summed E-state index contributed by atoms with van der Waals surface area (Å²) < 4.78 is 28.0. The van der Waals surface area contributed by atoms with Gasteiger partial charge in [0.25, 0.3) is 5.91 Å². The van der Waals surface area contributed by atoms with Crippen molar-refractivity contribution in [2.45, 2.75) is 12.5 Å². The van der Waals surface area contributed by atoms with E-state index in [1.807, 2.05) is 0 Å². The molecule has 11 heteroatoms. The largest absolute Gasteiger partial charge is 0.387 e. The van der Waals surface area contributed by atoms with Crippen LogP contribution in [-0.4, -0.2) is 51.7 Å². The Hall–Kier alpha value is -3.05. The molecule has 1 saturated heterocycles. The second kappa shape index (κ2) is 8.36. The van der Waals surface area contributed by atoms with E-state index in [-0.39, 0.29) is 52.4 Å². The molecule has 1 atom stereocenters. The molecule has 3 heterocycles. The summed E-state index contributed by atoms with van der Waals surface area (Å²) in [5.41, 5.74) is 1.59. The monoisotopic (exact) mass is 431 g/mol. The Labute approximate surface area is 175 Å². The molecule has 4 rings (SSSR count). The third kappa shape index (κ3) is 3.73. The van der Waals surface area contributed by atoms with Crippen LogP contribution in [0.25, 0.3) is 11.2 Å². The van der Waals surface area contributed by atoms with Gasteiger partial charge in [-0.1, -0.05) is 0 Å². The summed E-state index contributed by atoms with van der Waals surface area (Å²) in [6, 6.07) is 3.99. The van der Waals surface area contributed by atoms with E-state index in [9.17, 15) is 13.1 Å². The van der Waals surface area contributed by atoms with E-state index in [1.165, 1.54) is 30.6 Å². The first kappa shape index (κ1) is 20.2. The van der Waals surface area contributed by atoms with E-state index in [1.54, 1.807) is 7.05 Å². The Balaban J connectivity index is 1.74. The number of rotatable bonds is 6. The maximum atomic E-state index is 13.5. The lowest BCUT2D eigenvalue weighted by Gasteiger charge is -2.11. The van der Waals surface area contributed by atoms with E-state index < -0.39 is 5.82 Å². The zero-order valence-corrected chi connectivity index (χ0v) is 16.8. The van der Waals surface area contributed by atoms with Gasteiger partial charge in [-0.2, -0.15) is 0 Å². The van der Waals surface area contributed by atoms with Gasteiger partial charge in [-0.3, -0.25) is 10.2 Å². The van der Waals surface area contributed by atoms with Crippen molar-refractivity contribution in [3.63, 3.8) is 0 Å². The highest BCUT2D eigenvalue weighted by atomic mass is 32.2. The average Bonchev–Trinajstić information content (AvgIpc) is 3.40. The maximum Gasteiger partial charge on any atom is 0.255 e. The van der Waals surface area contributed by atoms with Gasteiger partial charge in [0.1, 0.15) is 17.0 Å². The predicted molar refractivity (Wildman–Crippen MR) is 112 cm³/mol. The van der Waals surface area contributed by atoms with Gasteiger partial charge in [0.15, 0.2) is 18.0 Å². The molecule has 0 bridgehead atoms. The van der Waals surface area contributed by atoms with E-state index in [4.69, 9.17) is 5.41 Å². The van der Waals surface area contributed by atoms with Crippen molar-refractivity contribution in [1.82, 2.24) is 24.6 Å². The van der Waals surface area contributed by atoms with Crippen LogP contribution in [0.3, 0.4) is 0 Å². The molecule has 1 aliphatic heterocycles. The number of carbonyl (C=O) groups is 1. The molecule has 1 amide bonds. The molecule has 4 N–H and O–H groups in total. The Morgan fingerprint density at radius 3 is 2.93 bits per heavy atom. The molecule has 1 aliphatic rings. The third-order valence-electron chi connectivity index (χ3n) is 4.95. The minimum Gasteiger partial charge on any atom is -0.387 e. The maximum absolute atomic E-state index is 13.5. The number of carbonyl (C=O) groups excluding carboxylic acids is 1. The van der Waals surface area contributed by atoms with Crippen LogP contribution >= 0.6 is 12.3 Å². The van der Waals surface area contributed by atoms with Crippen LogP contribution in [0.15, 0.2) is 30.6 Å². The van der Waals surface area contributed by atoms with Crippen LogP contribution in [-0.2, 0) is 0 Å². The molecule has 0 spiro atoms. The average molecular weight is 431 g/mol. The Morgan fingerprint density at radius 1 is 1.40 bits per heavy atom. The van der Waals surface area contributed by atoms with Gasteiger partial charge in [0.2, 0.25) is 0 Å². The number of benzene rings is 1. The Morgan fingerprint density at radius 2 is 2.23 bits per heavy atom. The highest BCUT2D eigenvalue weighted by Crippen LogP contribution is 2.25. The van der Waals surface area contributed by atoms with Gasteiger partial charge < -0.3 is 16.0 Å². The fourth-order valence-electron chi connectivity index (χ4n) is 3.42. The molecule has 2 aromatic heterocycles. The van der Waals surface area contributed by atoms with Crippen molar-refractivity contribution in [3.8, 4) is 0 Å². The number of halogens is 2. The summed E-state index contributed by atoms with van der Waals surface area (Å²) >= 11 is -0.0859. The molecule has 8 nitrogen and oxygen atoms in total. The first-order valence-electron chi connectivity index (χ1n) is 9.27. The van der Waals surface area contributed by atoms with E-state index in [0.717, 1.165) is 16.9 Å². The molecule has 0 radical (unpaired) electrons. The number of amides is 1. The van der Waals surface area contributed by atoms with Crippen LogP contribution in [0.1, 0.15) is 28.0 Å². The van der Waals surface area contributed by atoms with Crippen LogP contribution in [0.2, 0.25) is 0 Å². The fraction of sp³-hybridized carbons (Fsp3) is 0.263. The number of fused-ring (bicyclic) bond motifs is 1. The number of anilines is 1. The van der Waals surface area contributed by atoms with Gasteiger partial charge >= 0.3 is 0 Å². The minimum atomic E-state index is -0.435. The van der Waals surface area contributed by atoms with Crippen molar-refractivity contribution in [3.05, 3.63) is 53.2 Å². The number of nitrogens with zero attached hydrogens (tertiary/aromatic N) is 3. The van der Waals surface area contributed by atoms with Crippen LogP contribution in [0, 0.1) is 11.2 Å². The molecule has 3 aromatic rings. The zero-order valence-electron chi connectivity index (χ0n) is 16.0. The second-order valence-corrected chi connectivity index (χ2v) is 7.37. The molecular weight excluding hydrogens is 412 g/mol. The van der Waals surface area contributed by atoms with Crippen molar-refractivity contribution < 1.29 is 13.1 Å². The van der Waals surface area contributed by atoms with Crippen molar-refractivity contribution in [2.24, 2.45) is 0 Å². The van der Waals surface area contributed by atoms with Crippen LogP contribution < -0.4 is 16.0 Å². The minimum absolute atomic E-state index is 0.000697. The van der Waals surface area contributed by atoms with E-state index >= 15 is 0 Å². The molecule has 1 aromatic carbocycles. The van der Waals surface area contributed by atoms with Crippen LogP contribution in [0.4, 0.5) is 14.0 Å². The lowest BCUT2D eigenvalue weighted by Crippen LogP contribution is -2.36. The normalized spacial score (nSPS) is 16.0. The Bertz CT molecular complexity index is 1130. The molecule has 0 saturated carbocycles. The fourth-order valence-corrected chi connectivity index (χ4v) is 3.77. The topological polar surface area (TPSA) is 108 Å². The smallest absolute Gasteiger partial charge is 0.255 e. The van der Waals surface area contributed by atoms with Gasteiger partial charge in [0.05, 0.1) is 17.5 Å². The number of hydrogen-bond donors (Lipinski definition) is 4. The van der Waals surface area contributed by atoms with Gasteiger partial charge in [-0.25, -0.2) is 18.3 Å². The summed E-state index contributed by atoms with van der Waals surface area (Å²) in [6.07, 6.45) is 3.49. The Kier molecular flexibility index (Phi) is 5.64. The molecule has 1 unspecified atom stereocenters. The standard InChI is InChI=1S/C19H19F2N7OS/c1-23-14-6-10(20)2-3-12(14)16(22)15-8-25-18-17(27-15)13(9-28(18)30-21)19(29)26-11-4-5-24-7-11/h2-3,6,8-9,11,22-24H,4-5,7H2,1H3,(H,26,29). The summed E-state index contributed by atoms with van der Waals surface area (Å²) in [6.45, 7) is 1.49. The molecular formula is C19H19F2N7OS. The predicted octanol–water partition coefficient (Wildman–Crippen LogP) is 2.50. The molecule has 30 heavy (non-hydrogen) atoms. The van der Waals surface area contributed by atoms with Gasteiger partial charge in [-0.15, -0.1) is 3.89 Å². The molecule has 0 aliphatic carbocycles. The summed E-state index contributed by atoms with van der Waals surface area (Å²) in [4.78, 5) is 21.4. The lowest BCUT2D eigenvalue weighted by atomic mass is 10.1. The van der Waals surface area contributed by atoms with Gasteiger partial charge in [0, 0.05) is 37.1 Å². The quantitative estimate of drug-likeness (QED) is 0.447. The summed E-state index contributed by atoms with van der Waals surface area (Å²) in [7, 11) is 1.62. The van der Waals surface area contributed by atoms with Crippen LogP contribution in [0.5, 0.6) is 0 Å². The summed E-state index contributed by atoms with van der Waals surface area (Å²) in [5.74, 6) is -0.813. The SMILES string of the molecule is CNc1cc(F)ccc1C(=N)c1cnc2c(n1)c(C(=O)NC1CCNC1)cn2SF. The van der Waals surface area contributed by atoms with Crippen molar-refractivity contribution in [2.75, 3.05) is 25.5 Å². The molecule has 156 valence electrons.